The van der Waals surface area contributed by atoms with Crippen LogP contribution in [0.3, 0.4) is 0 Å². The lowest BCUT2D eigenvalue weighted by molar-refractivity contribution is -0.137. The summed E-state index contributed by atoms with van der Waals surface area (Å²) in [6.45, 7) is 3.04. The summed E-state index contributed by atoms with van der Waals surface area (Å²) in [6, 6.07) is 8.75. The molecule has 0 fully saturated rings. The first-order valence-electron chi connectivity index (χ1n) is 7.71. The maximum Gasteiger partial charge on any atom is 0.416 e. The minimum atomic E-state index is -4.57. The van der Waals surface area contributed by atoms with Crippen molar-refractivity contribution in [3.05, 3.63) is 64.1 Å². The maximum atomic E-state index is 13.1. The largest absolute Gasteiger partial charge is 0.416 e. The highest BCUT2D eigenvalue weighted by Gasteiger charge is 2.31. The van der Waals surface area contributed by atoms with Gasteiger partial charge in [0.2, 0.25) is 0 Å². The summed E-state index contributed by atoms with van der Waals surface area (Å²) < 4.78 is 40.4. The molecule has 0 aliphatic carbocycles. The molecule has 8 heteroatoms. The highest BCUT2D eigenvalue weighted by atomic mass is 19.4. The lowest BCUT2D eigenvalue weighted by Crippen LogP contribution is -2.23. The zero-order valence-electron chi connectivity index (χ0n) is 14.0. The molecule has 5 nitrogen and oxygen atoms in total. The van der Waals surface area contributed by atoms with Gasteiger partial charge >= 0.3 is 6.18 Å². The van der Waals surface area contributed by atoms with Gasteiger partial charge < -0.3 is 10.8 Å². The molecule has 0 bridgehead atoms. The van der Waals surface area contributed by atoms with Crippen molar-refractivity contribution in [2.75, 3.05) is 5.73 Å². The van der Waals surface area contributed by atoms with Gasteiger partial charge in [-0.15, -0.1) is 0 Å². The molecule has 0 atom stereocenters. The van der Waals surface area contributed by atoms with Crippen LogP contribution in [0, 0.1) is 0 Å². The van der Waals surface area contributed by atoms with Crippen molar-refractivity contribution in [1.82, 2.24) is 9.55 Å². The quantitative estimate of drug-likeness (QED) is 0.733. The highest BCUT2D eigenvalue weighted by Crippen LogP contribution is 2.33. The van der Waals surface area contributed by atoms with Crippen molar-refractivity contribution in [2.45, 2.75) is 25.6 Å². The fraction of sp³-hybridized carbons (Fsp3) is 0.222. The predicted molar refractivity (Wildman–Crippen MR) is 92.0 cm³/mol. The number of benzene rings is 1. The smallest absolute Gasteiger partial charge is 0.398 e. The Balaban J connectivity index is 2.37. The number of nitrogens with zero attached hydrogens (tertiary/aromatic N) is 2. The van der Waals surface area contributed by atoms with Gasteiger partial charge in [-0.25, -0.2) is 4.98 Å². The fourth-order valence-corrected chi connectivity index (χ4v) is 2.66. The number of nitrogen functional groups attached to an aromatic ring is 1. The SMILES string of the molecule is CC(C)(O)c1cccc(-n2c(=O)cc(N)c3ccc(C(F)(F)F)cc32)n1. The maximum absolute atomic E-state index is 13.1. The molecule has 0 aliphatic rings. The number of rotatable bonds is 2. The first-order chi connectivity index (χ1) is 12.0. The van der Waals surface area contributed by atoms with Crippen molar-refractivity contribution < 1.29 is 18.3 Å². The summed E-state index contributed by atoms with van der Waals surface area (Å²) in [4.78, 5) is 16.7. The third-order valence-corrected chi connectivity index (χ3v) is 3.97. The number of aliphatic hydroxyl groups is 1. The molecule has 3 aromatic rings. The summed E-state index contributed by atoms with van der Waals surface area (Å²) in [5.74, 6) is 0.0962. The van der Waals surface area contributed by atoms with Gasteiger partial charge in [0.1, 0.15) is 11.4 Å². The molecule has 0 unspecified atom stereocenters. The van der Waals surface area contributed by atoms with E-state index >= 15 is 0 Å². The third-order valence-electron chi connectivity index (χ3n) is 3.97. The summed E-state index contributed by atoms with van der Waals surface area (Å²) in [7, 11) is 0. The fourth-order valence-electron chi connectivity index (χ4n) is 2.66. The Morgan fingerprint density at radius 1 is 1.12 bits per heavy atom. The van der Waals surface area contributed by atoms with Crippen LogP contribution in [0.1, 0.15) is 25.1 Å². The average Bonchev–Trinajstić information content (AvgIpc) is 2.53. The second-order valence-electron chi connectivity index (χ2n) is 6.44. The number of aromatic nitrogens is 2. The Morgan fingerprint density at radius 2 is 1.81 bits per heavy atom. The Hall–Kier alpha value is -2.87. The standard InChI is InChI=1S/C18H16F3N3O2/c1-17(2,26)14-4-3-5-15(23-14)24-13-8-10(18(19,20)21)6-7-11(13)12(22)9-16(24)25/h3-9,26H,22H2,1-2H3. The van der Waals surface area contributed by atoms with Gasteiger partial charge in [0.05, 0.1) is 16.8 Å². The molecule has 1 aromatic carbocycles. The second kappa shape index (κ2) is 5.84. The van der Waals surface area contributed by atoms with Crippen LogP contribution in [0.5, 0.6) is 0 Å². The van der Waals surface area contributed by atoms with E-state index in [0.717, 1.165) is 22.8 Å². The monoisotopic (exact) mass is 363 g/mol. The molecule has 3 rings (SSSR count). The van der Waals surface area contributed by atoms with Crippen LogP contribution in [0.25, 0.3) is 16.7 Å². The van der Waals surface area contributed by atoms with E-state index in [1.54, 1.807) is 12.1 Å². The number of fused-ring (bicyclic) bond motifs is 1. The molecular weight excluding hydrogens is 347 g/mol. The van der Waals surface area contributed by atoms with Crippen molar-refractivity contribution in [1.29, 1.82) is 0 Å². The lowest BCUT2D eigenvalue weighted by atomic mass is 10.0. The summed E-state index contributed by atoms with van der Waals surface area (Å²) in [5, 5.41) is 10.4. The van der Waals surface area contributed by atoms with Gasteiger partial charge in [-0.3, -0.25) is 9.36 Å². The van der Waals surface area contributed by atoms with Crippen molar-refractivity contribution in [2.24, 2.45) is 0 Å². The Morgan fingerprint density at radius 3 is 2.42 bits per heavy atom. The molecule has 3 N–H and O–H groups in total. The topological polar surface area (TPSA) is 81.1 Å². The van der Waals surface area contributed by atoms with Gasteiger partial charge in [0.25, 0.3) is 5.56 Å². The molecule has 2 aromatic heterocycles. The molecule has 26 heavy (non-hydrogen) atoms. The number of alkyl halides is 3. The van der Waals surface area contributed by atoms with Gasteiger partial charge in [-0.2, -0.15) is 13.2 Å². The van der Waals surface area contributed by atoms with E-state index in [1.165, 1.54) is 26.0 Å². The minimum absolute atomic E-state index is 0.00905. The van der Waals surface area contributed by atoms with E-state index in [0.29, 0.717) is 5.39 Å². The summed E-state index contributed by atoms with van der Waals surface area (Å²) in [5.41, 5.74) is 3.36. The number of halogens is 3. The van der Waals surface area contributed by atoms with Gasteiger partial charge in [-0.05, 0) is 38.1 Å². The predicted octanol–water partition coefficient (Wildman–Crippen LogP) is 3.21. The van der Waals surface area contributed by atoms with Crippen molar-refractivity contribution in [3.8, 4) is 5.82 Å². The van der Waals surface area contributed by atoms with Crippen LogP contribution >= 0.6 is 0 Å². The molecule has 0 spiro atoms. The van der Waals surface area contributed by atoms with E-state index in [-0.39, 0.29) is 22.7 Å². The zero-order chi connectivity index (χ0) is 19.3. The van der Waals surface area contributed by atoms with Crippen LogP contribution in [-0.4, -0.2) is 14.7 Å². The molecule has 0 saturated carbocycles. The third kappa shape index (κ3) is 3.15. The highest BCUT2D eigenvalue weighted by molar-refractivity contribution is 5.91. The normalized spacial score (nSPS) is 12.5. The number of hydrogen-bond acceptors (Lipinski definition) is 4. The van der Waals surface area contributed by atoms with Crippen LogP contribution in [0.2, 0.25) is 0 Å². The molecule has 0 radical (unpaired) electrons. The molecule has 0 saturated heterocycles. The van der Waals surface area contributed by atoms with Crippen LogP contribution in [0.15, 0.2) is 47.3 Å². The molecule has 0 aliphatic heterocycles. The molecule has 2 heterocycles. The summed E-state index contributed by atoms with van der Waals surface area (Å²) in [6.07, 6.45) is -4.57. The van der Waals surface area contributed by atoms with E-state index in [2.05, 4.69) is 4.98 Å². The van der Waals surface area contributed by atoms with E-state index in [4.69, 9.17) is 5.73 Å². The number of pyridine rings is 2. The lowest BCUT2D eigenvalue weighted by Gasteiger charge is -2.19. The first kappa shape index (κ1) is 17.9. The molecule has 0 amide bonds. The van der Waals surface area contributed by atoms with Gasteiger partial charge in [-0.1, -0.05) is 12.1 Å². The van der Waals surface area contributed by atoms with E-state index in [1.807, 2.05) is 0 Å². The average molecular weight is 363 g/mol. The Kier molecular flexibility index (Phi) is 4.03. The van der Waals surface area contributed by atoms with Crippen molar-refractivity contribution in [3.63, 3.8) is 0 Å². The first-order valence-corrected chi connectivity index (χ1v) is 7.71. The number of hydrogen-bond donors (Lipinski definition) is 2. The van der Waals surface area contributed by atoms with Crippen LogP contribution in [0.4, 0.5) is 18.9 Å². The van der Waals surface area contributed by atoms with Gasteiger partial charge in [0, 0.05) is 17.1 Å². The molecule has 136 valence electrons. The zero-order valence-corrected chi connectivity index (χ0v) is 14.0. The number of anilines is 1. The van der Waals surface area contributed by atoms with Gasteiger partial charge in [0.15, 0.2) is 0 Å². The summed E-state index contributed by atoms with van der Waals surface area (Å²) >= 11 is 0. The second-order valence-corrected chi connectivity index (χ2v) is 6.44. The van der Waals surface area contributed by atoms with Crippen molar-refractivity contribution >= 4 is 16.6 Å². The van der Waals surface area contributed by atoms with Crippen LogP contribution < -0.4 is 11.3 Å². The van der Waals surface area contributed by atoms with E-state index < -0.39 is 22.9 Å². The number of nitrogens with two attached hydrogens (primary N) is 1. The minimum Gasteiger partial charge on any atom is -0.398 e. The Bertz CT molecular complexity index is 1050. The Labute approximate surface area is 146 Å². The van der Waals surface area contributed by atoms with Crippen LogP contribution in [-0.2, 0) is 11.8 Å². The molecular formula is C18H16F3N3O2. The van der Waals surface area contributed by atoms with E-state index in [9.17, 15) is 23.1 Å².